The second-order valence-corrected chi connectivity index (χ2v) is 7.82. The number of nitrogens with zero attached hydrogens (tertiary/aromatic N) is 3. The summed E-state index contributed by atoms with van der Waals surface area (Å²) in [6, 6.07) is 16.6. The molecule has 0 saturated carbocycles. The summed E-state index contributed by atoms with van der Waals surface area (Å²) in [5.41, 5.74) is 3.17. The van der Waals surface area contributed by atoms with E-state index < -0.39 is 10.1 Å². The number of rotatable bonds is 4. The lowest BCUT2D eigenvalue weighted by Gasteiger charge is -2.08. The fourth-order valence-electron chi connectivity index (χ4n) is 2.73. The molecular weight excluding hydrogens is 362 g/mol. The number of fused-ring (bicyclic) bond motifs is 1. The minimum absolute atomic E-state index is 0.0206. The van der Waals surface area contributed by atoms with E-state index in [0.29, 0.717) is 5.52 Å². The van der Waals surface area contributed by atoms with Crippen LogP contribution in [0.5, 0.6) is 5.75 Å². The molecule has 0 spiro atoms. The lowest BCUT2D eigenvalue weighted by Crippen LogP contribution is -2.09. The van der Waals surface area contributed by atoms with Gasteiger partial charge in [-0.2, -0.15) is 13.5 Å². The summed E-state index contributed by atoms with van der Waals surface area (Å²) in [6.07, 6.45) is 2.71. The number of benzene rings is 2. The van der Waals surface area contributed by atoms with Crippen molar-refractivity contribution in [2.24, 2.45) is 0 Å². The Kier molecular flexibility index (Phi) is 4.16. The van der Waals surface area contributed by atoms with E-state index in [1.165, 1.54) is 17.1 Å². The Morgan fingerprint density at radius 1 is 0.963 bits per heavy atom. The highest BCUT2D eigenvalue weighted by atomic mass is 32.2. The molecule has 0 saturated heterocycles. The molecule has 0 atom stereocenters. The molecule has 7 heteroatoms. The SMILES string of the molecule is Cc1ccc(-n2cc(S(=O)(=O)Oc3cccc4ccc(C)nc34)cn2)cc1. The Hall–Kier alpha value is -3.19. The lowest BCUT2D eigenvalue weighted by molar-refractivity contribution is 0.488. The first-order valence-electron chi connectivity index (χ1n) is 8.35. The van der Waals surface area contributed by atoms with Gasteiger partial charge in [0, 0.05) is 11.1 Å². The Labute approximate surface area is 157 Å². The minimum Gasteiger partial charge on any atom is -0.377 e. The van der Waals surface area contributed by atoms with Crippen LogP contribution < -0.4 is 4.18 Å². The van der Waals surface area contributed by atoms with Gasteiger partial charge in [0.15, 0.2) is 5.75 Å². The van der Waals surface area contributed by atoms with Gasteiger partial charge in [0.05, 0.1) is 18.1 Å². The molecule has 2 heterocycles. The first-order chi connectivity index (χ1) is 12.9. The van der Waals surface area contributed by atoms with Crippen LogP contribution in [0.1, 0.15) is 11.3 Å². The summed E-state index contributed by atoms with van der Waals surface area (Å²) in [5, 5.41) is 4.95. The first kappa shape index (κ1) is 17.2. The van der Waals surface area contributed by atoms with E-state index in [-0.39, 0.29) is 10.6 Å². The van der Waals surface area contributed by atoms with Crippen LogP contribution in [-0.4, -0.2) is 23.2 Å². The molecule has 2 aromatic heterocycles. The molecule has 0 aliphatic heterocycles. The van der Waals surface area contributed by atoms with E-state index in [0.717, 1.165) is 22.3 Å². The lowest BCUT2D eigenvalue weighted by atomic mass is 10.2. The molecule has 6 nitrogen and oxygen atoms in total. The molecule has 0 aliphatic rings. The van der Waals surface area contributed by atoms with Crippen molar-refractivity contribution in [1.82, 2.24) is 14.8 Å². The van der Waals surface area contributed by atoms with Gasteiger partial charge < -0.3 is 4.18 Å². The standard InChI is InChI=1S/C20H17N3O3S/c1-14-6-10-17(11-7-14)23-13-18(12-21-23)27(24,25)26-19-5-3-4-16-9-8-15(2)22-20(16)19/h3-13H,1-2H3. The summed E-state index contributed by atoms with van der Waals surface area (Å²) in [5.74, 6) is 0.194. The third kappa shape index (κ3) is 3.41. The van der Waals surface area contributed by atoms with Gasteiger partial charge >= 0.3 is 10.1 Å². The van der Waals surface area contributed by atoms with Crippen molar-refractivity contribution in [2.45, 2.75) is 18.7 Å². The number of hydrogen-bond acceptors (Lipinski definition) is 5. The molecule has 0 radical (unpaired) electrons. The van der Waals surface area contributed by atoms with Crippen LogP contribution in [-0.2, 0) is 10.1 Å². The van der Waals surface area contributed by atoms with E-state index in [9.17, 15) is 8.42 Å². The molecule has 0 unspecified atom stereocenters. The zero-order valence-electron chi connectivity index (χ0n) is 14.8. The van der Waals surface area contributed by atoms with Crippen molar-refractivity contribution in [1.29, 1.82) is 0 Å². The smallest absolute Gasteiger partial charge is 0.342 e. The number of pyridine rings is 1. The third-order valence-corrected chi connectivity index (χ3v) is 5.36. The summed E-state index contributed by atoms with van der Waals surface area (Å²) in [4.78, 5) is 4.38. The molecule has 0 N–H and O–H groups in total. The largest absolute Gasteiger partial charge is 0.377 e. The second-order valence-electron chi connectivity index (χ2n) is 6.27. The van der Waals surface area contributed by atoms with E-state index in [4.69, 9.17) is 4.18 Å². The topological polar surface area (TPSA) is 74.1 Å². The van der Waals surface area contributed by atoms with Crippen molar-refractivity contribution in [2.75, 3.05) is 0 Å². The molecule has 27 heavy (non-hydrogen) atoms. The van der Waals surface area contributed by atoms with Crippen molar-refractivity contribution in [3.8, 4) is 11.4 Å². The quantitative estimate of drug-likeness (QED) is 0.504. The zero-order chi connectivity index (χ0) is 19.0. The average Bonchev–Trinajstić information content (AvgIpc) is 3.14. The van der Waals surface area contributed by atoms with Gasteiger partial charge in [-0.1, -0.05) is 35.9 Å². The molecule has 136 valence electrons. The third-order valence-electron chi connectivity index (χ3n) is 4.17. The van der Waals surface area contributed by atoms with Gasteiger partial charge in [-0.3, -0.25) is 0 Å². The van der Waals surface area contributed by atoms with E-state index in [1.54, 1.807) is 12.1 Å². The van der Waals surface area contributed by atoms with E-state index in [2.05, 4.69) is 10.1 Å². The van der Waals surface area contributed by atoms with Gasteiger partial charge in [0.2, 0.25) is 0 Å². The van der Waals surface area contributed by atoms with Crippen molar-refractivity contribution in [3.63, 3.8) is 0 Å². The highest BCUT2D eigenvalue weighted by Gasteiger charge is 2.21. The molecule has 2 aromatic carbocycles. The highest BCUT2D eigenvalue weighted by molar-refractivity contribution is 7.87. The summed E-state index contributed by atoms with van der Waals surface area (Å²) < 4.78 is 32.3. The maximum Gasteiger partial charge on any atom is 0.342 e. The molecule has 4 aromatic rings. The Balaban J connectivity index is 1.69. The van der Waals surface area contributed by atoms with E-state index in [1.807, 2.05) is 56.3 Å². The number of hydrogen-bond donors (Lipinski definition) is 0. The summed E-state index contributed by atoms with van der Waals surface area (Å²) >= 11 is 0. The molecular formula is C20H17N3O3S. The van der Waals surface area contributed by atoms with Crippen molar-refractivity contribution >= 4 is 21.0 Å². The Morgan fingerprint density at radius 2 is 1.74 bits per heavy atom. The monoisotopic (exact) mass is 379 g/mol. The predicted octanol–water partition coefficient (Wildman–Crippen LogP) is 3.81. The summed E-state index contributed by atoms with van der Waals surface area (Å²) in [6.45, 7) is 3.83. The van der Waals surface area contributed by atoms with Crippen LogP contribution in [0.3, 0.4) is 0 Å². The number of para-hydroxylation sites is 1. The first-order valence-corrected chi connectivity index (χ1v) is 9.76. The van der Waals surface area contributed by atoms with Gasteiger partial charge in [-0.15, -0.1) is 0 Å². The minimum atomic E-state index is -4.04. The second kappa shape index (κ2) is 6.51. The molecule has 0 amide bonds. The maximum atomic E-state index is 12.7. The Morgan fingerprint density at radius 3 is 2.52 bits per heavy atom. The van der Waals surface area contributed by atoms with Gasteiger partial charge in [-0.05, 0) is 38.1 Å². The highest BCUT2D eigenvalue weighted by Crippen LogP contribution is 2.27. The fourth-order valence-corrected chi connectivity index (χ4v) is 3.60. The molecule has 4 rings (SSSR count). The summed E-state index contributed by atoms with van der Waals surface area (Å²) in [7, 11) is -4.04. The molecule has 0 fully saturated rings. The Bertz CT molecular complexity index is 1230. The fraction of sp³-hybridized carbons (Fsp3) is 0.100. The van der Waals surface area contributed by atoms with Gasteiger partial charge in [-0.25, -0.2) is 9.67 Å². The van der Waals surface area contributed by atoms with Crippen molar-refractivity contribution < 1.29 is 12.6 Å². The molecule has 0 aliphatic carbocycles. The van der Waals surface area contributed by atoms with Gasteiger partial charge in [0.1, 0.15) is 10.4 Å². The number of aryl methyl sites for hydroxylation is 2. The molecule has 0 bridgehead atoms. The van der Waals surface area contributed by atoms with Crippen LogP contribution in [0.2, 0.25) is 0 Å². The normalized spacial score (nSPS) is 11.6. The van der Waals surface area contributed by atoms with Crippen LogP contribution in [0.4, 0.5) is 0 Å². The van der Waals surface area contributed by atoms with E-state index >= 15 is 0 Å². The van der Waals surface area contributed by atoms with Crippen molar-refractivity contribution in [3.05, 3.63) is 78.2 Å². The average molecular weight is 379 g/mol. The van der Waals surface area contributed by atoms with Gasteiger partial charge in [0.25, 0.3) is 0 Å². The van der Waals surface area contributed by atoms with Crippen LogP contribution in [0.25, 0.3) is 16.6 Å². The van der Waals surface area contributed by atoms with Crippen LogP contribution in [0.15, 0.2) is 71.9 Å². The van der Waals surface area contributed by atoms with Crippen LogP contribution >= 0.6 is 0 Å². The van der Waals surface area contributed by atoms with Crippen LogP contribution in [0, 0.1) is 13.8 Å². The zero-order valence-corrected chi connectivity index (χ0v) is 15.6. The maximum absolute atomic E-state index is 12.7. The predicted molar refractivity (Wildman–Crippen MR) is 103 cm³/mol. The number of aromatic nitrogens is 3.